The lowest BCUT2D eigenvalue weighted by Crippen LogP contribution is -2.16. The molecular weight excluding hydrogens is 517 g/mol. The topological polar surface area (TPSA) is 82.5 Å². The van der Waals surface area contributed by atoms with E-state index in [1.165, 1.54) is 38.7 Å². The standard InChI is InChI=1S/C25H26FN3.C7H12O.C2H4O2/c1-4-5-19-12-23(26)15-24(13-19)29(3)17-18-6-8-20(9-7-18)21-10-11-25(28-2)22(14-21)16-27;8-6-7-4-2-1-3-5-7;1-4-2-3/h4-16,27-28H,17H2,1-3H3;6-7H,1-5H2;2H,1H3/b5-4+,27-16?;;. The number of carbonyl (C=O) groups excluding carboxylic acids is 2. The number of nitrogens with one attached hydrogen (secondary N) is 2. The molecule has 0 saturated heterocycles. The molecule has 0 aliphatic heterocycles. The molecule has 0 bridgehead atoms. The SMILES string of the molecule is C/C=C/c1cc(F)cc(N(C)Cc2ccc(-c3ccc(NC)c(C=N)c3)cc2)c1.COC=O.O=CC1CCCCC1. The van der Waals surface area contributed by atoms with Crippen LogP contribution in [-0.2, 0) is 20.9 Å². The van der Waals surface area contributed by atoms with Crippen molar-refractivity contribution in [2.75, 3.05) is 31.4 Å². The molecule has 41 heavy (non-hydrogen) atoms. The number of methoxy groups -OCH3 is 1. The Hall–Kier alpha value is -4.26. The maximum Gasteiger partial charge on any atom is 0.292 e. The van der Waals surface area contributed by atoms with Gasteiger partial charge in [-0.3, -0.25) is 4.79 Å². The highest BCUT2D eigenvalue weighted by molar-refractivity contribution is 5.88. The molecule has 0 heterocycles. The Labute approximate surface area is 243 Å². The highest BCUT2D eigenvalue weighted by Gasteiger charge is 2.11. The molecule has 2 N–H and O–H groups in total. The van der Waals surface area contributed by atoms with E-state index in [1.54, 1.807) is 6.07 Å². The van der Waals surface area contributed by atoms with Crippen LogP contribution in [0.25, 0.3) is 17.2 Å². The first-order valence-corrected chi connectivity index (χ1v) is 13.9. The predicted molar refractivity (Wildman–Crippen MR) is 168 cm³/mol. The van der Waals surface area contributed by atoms with Crippen molar-refractivity contribution in [2.45, 2.75) is 45.6 Å². The van der Waals surface area contributed by atoms with Crippen LogP contribution in [-0.4, -0.2) is 40.2 Å². The number of aldehydes is 1. The lowest BCUT2D eigenvalue weighted by molar-refractivity contribution is -0.126. The van der Waals surface area contributed by atoms with Crippen LogP contribution in [0.2, 0.25) is 0 Å². The normalized spacial score (nSPS) is 12.7. The Morgan fingerprint density at radius 2 is 1.66 bits per heavy atom. The van der Waals surface area contributed by atoms with Crippen molar-refractivity contribution in [1.82, 2.24) is 0 Å². The molecule has 3 aromatic carbocycles. The Balaban J connectivity index is 0.000000407. The Kier molecular flexibility index (Phi) is 14.6. The molecule has 1 aliphatic carbocycles. The first-order chi connectivity index (χ1) is 19.9. The van der Waals surface area contributed by atoms with Crippen LogP contribution in [0.3, 0.4) is 0 Å². The molecule has 0 radical (unpaired) electrons. The minimum atomic E-state index is -0.232. The van der Waals surface area contributed by atoms with Crippen molar-refractivity contribution in [3.63, 3.8) is 0 Å². The summed E-state index contributed by atoms with van der Waals surface area (Å²) in [6, 6.07) is 19.5. The van der Waals surface area contributed by atoms with Gasteiger partial charge < -0.3 is 25.2 Å². The number of anilines is 2. The molecule has 6 nitrogen and oxygen atoms in total. The molecule has 7 heteroatoms. The van der Waals surface area contributed by atoms with E-state index in [1.807, 2.05) is 56.3 Å². The number of ether oxygens (including phenoxy) is 1. The van der Waals surface area contributed by atoms with Crippen LogP contribution in [0, 0.1) is 17.1 Å². The fourth-order valence-electron chi connectivity index (χ4n) is 4.63. The Morgan fingerprint density at radius 3 is 2.20 bits per heavy atom. The van der Waals surface area contributed by atoms with E-state index in [0.29, 0.717) is 18.9 Å². The highest BCUT2D eigenvalue weighted by atomic mass is 19.1. The summed E-state index contributed by atoms with van der Waals surface area (Å²) < 4.78 is 17.8. The van der Waals surface area contributed by atoms with Crippen LogP contribution >= 0.6 is 0 Å². The largest absolute Gasteiger partial charge is 0.471 e. The van der Waals surface area contributed by atoms with Crippen molar-refractivity contribution in [3.05, 3.63) is 89.2 Å². The third-order valence-corrected chi connectivity index (χ3v) is 6.83. The molecule has 0 spiro atoms. The van der Waals surface area contributed by atoms with Crippen LogP contribution in [0.4, 0.5) is 15.8 Å². The summed E-state index contributed by atoms with van der Waals surface area (Å²) in [5.74, 6) is 0.175. The summed E-state index contributed by atoms with van der Waals surface area (Å²) in [7, 11) is 5.13. The average Bonchev–Trinajstić information content (AvgIpc) is 3.01. The number of halogens is 1. The van der Waals surface area contributed by atoms with Gasteiger partial charge in [0.05, 0.1) is 7.11 Å². The van der Waals surface area contributed by atoms with E-state index < -0.39 is 0 Å². The van der Waals surface area contributed by atoms with E-state index in [0.717, 1.165) is 58.3 Å². The fraction of sp³-hybridized carbons (Fsp3) is 0.324. The number of rotatable bonds is 9. The second kappa shape index (κ2) is 18.2. The maximum absolute atomic E-state index is 13.9. The van der Waals surface area contributed by atoms with Gasteiger partial charge in [0.15, 0.2) is 0 Å². The van der Waals surface area contributed by atoms with Gasteiger partial charge in [-0.05, 0) is 72.4 Å². The lowest BCUT2D eigenvalue weighted by atomic mass is 9.91. The van der Waals surface area contributed by atoms with Gasteiger partial charge >= 0.3 is 0 Å². The minimum Gasteiger partial charge on any atom is -0.471 e. The molecule has 1 saturated carbocycles. The molecule has 0 unspecified atom stereocenters. The number of nitrogens with zero attached hydrogens (tertiary/aromatic N) is 1. The zero-order chi connectivity index (χ0) is 30.0. The number of benzene rings is 3. The number of hydrogen-bond donors (Lipinski definition) is 2. The monoisotopic (exact) mass is 559 g/mol. The van der Waals surface area contributed by atoms with E-state index >= 15 is 0 Å². The van der Waals surface area contributed by atoms with Crippen LogP contribution in [0.15, 0.2) is 66.7 Å². The van der Waals surface area contributed by atoms with Gasteiger partial charge in [0.25, 0.3) is 6.47 Å². The zero-order valence-electron chi connectivity index (χ0n) is 24.5. The van der Waals surface area contributed by atoms with Gasteiger partial charge in [0, 0.05) is 49.7 Å². The molecule has 3 aromatic rings. The van der Waals surface area contributed by atoms with Gasteiger partial charge in [-0.25, -0.2) is 4.39 Å². The first kappa shape index (κ1) is 32.9. The summed E-state index contributed by atoms with van der Waals surface area (Å²) in [5, 5.41) is 10.7. The Morgan fingerprint density at radius 1 is 1.00 bits per heavy atom. The van der Waals surface area contributed by atoms with Crippen molar-refractivity contribution < 1.29 is 18.7 Å². The van der Waals surface area contributed by atoms with Crippen LogP contribution in [0.5, 0.6) is 0 Å². The average molecular weight is 560 g/mol. The van der Waals surface area contributed by atoms with Gasteiger partial charge in [-0.1, -0.05) is 61.7 Å². The molecule has 218 valence electrons. The van der Waals surface area contributed by atoms with Crippen LogP contribution in [0.1, 0.15) is 55.7 Å². The number of carbonyl (C=O) groups is 2. The molecule has 0 aromatic heterocycles. The summed E-state index contributed by atoms with van der Waals surface area (Å²) in [6.45, 7) is 2.98. The molecule has 1 aliphatic rings. The van der Waals surface area contributed by atoms with Crippen molar-refractivity contribution in [1.29, 1.82) is 5.41 Å². The van der Waals surface area contributed by atoms with Gasteiger partial charge in [0.2, 0.25) is 0 Å². The minimum absolute atomic E-state index is 0.232. The Bertz CT molecular complexity index is 1270. The summed E-state index contributed by atoms with van der Waals surface area (Å²) in [4.78, 5) is 21.2. The zero-order valence-corrected chi connectivity index (χ0v) is 24.5. The first-order valence-electron chi connectivity index (χ1n) is 13.9. The summed E-state index contributed by atoms with van der Waals surface area (Å²) >= 11 is 0. The molecule has 1 fully saturated rings. The van der Waals surface area contributed by atoms with Crippen LogP contribution < -0.4 is 10.2 Å². The molecule has 0 atom stereocenters. The smallest absolute Gasteiger partial charge is 0.292 e. The summed E-state index contributed by atoms with van der Waals surface area (Å²) in [5.41, 5.74) is 6.82. The van der Waals surface area contributed by atoms with E-state index in [9.17, 15) is 9.18 Å². The lowest BCUT2D eigenvalue weighted by Gasteiger charge is -2.20. The fourth-order valence-corrected chi connectivity index (χ4v) is 4.63. The van der Waals surface area contributed by atoms with Gasteiger partial charge in [-0.2, -0.15) is 0 Å². The molecule has 0 amide bonds. The van der Waals surface area contributed by atoms with E-state index in [4.69, 9.17) is 10.2 Å². The summed E-state index contributed by atoms with van der Waals surface area (Å²) in [6.07, 6.45) is 12.4. The maximum atomic E-state index is 13.9. The third kappa shape index (κ3) is 11.0. The number of hydrogen-bond acceptors (Lipinski definition) is 6. The highest BCUT2D eigenvalue weighted by Crippen LogP contribution is 2.26. The second-order valence-electron chi connectivity index (χ2n) is 9.86. The molecule has 4 rings (SSSR count). The van der Waals surface area contributed by atoms with Crippen molar-refractivity contribution >= 4 is 36.4 Å². The number of allylic oxidation sites excluding steroid dienone is 1. The predicted octanol–water partition coefficient (Wildman–Crippen LogP) is 7.76. The molecular formula is C34H42FN3O3. The quantitative estimate of drug-likeness (QED) is 0.207. The van der Waals surface area contributed by atoms with E-state index in [2.05, 4.69) is 40.4 Å². The van der Waals surface area contributed by atoms with Crippen molar-refractivity contribution in [3.8, 4) is 11.1 Å². The van der Waals surface area contributed by atoms with E-state index in [-0.39, 0.29) is 5.82 Å². The van der Waals surface area contributed by atoms with Crippen molar-refractivity contribution in [2.24, 2.45) is 5.92 Å². The van der Waals surface area contributed by atoms with Gasteiger partial charge in [0.1, 0.15) is 12.1 Å². The third-order valence-electron chi connectivity index (χ3n) is 6.83. The van der Waals surface area contributed by atoms with Gasteiger partial charge in [-0.15, -0.1) is 0 Å². The second-order valence-corrected chi connectivity index (χ2v) is 9.86.